The molecule has 2 rings (SSSR count). The van der Waals surface area contributed by atoms with Gasteiger partial charge in [-0.05, 0) is 31.4 Å². The first-order chi connectivity index (χ1) is 9.49. The molecule has 1 saturated carbocycles. The zero-order chi connectivity index (χ0) is 14.7. The van der Waals surface area contributed by atoms with E-state index in [0.29, 0.717) is 10.7 Å². The number of carbonyl (C=O) groups is 1. The van der Waals surface area contributed by atoms with Gasteiger partial charge in [0.05, 0.1) is 28.5 Å². The van der Waals surface area contributed by atoms with Gasteiger partial charge in [-0.1, -0.05) is 17.7 Å². The summed E-state index contributed by atoms with van der Waals surface area (Å²) in [6, 6.07) is 4.88. The van der Waals surface area contributed by atoms with Gasteiger partial charge in [0, 0.05) is 14.1 Å². The Bertz CT molecular complexity index is 493. The van der Waals surface area contributed by atoms with Gasteiger partial charge in [-0.25, -0.2) is 4.79 Å². The van der Waals surface area contributed by atoms with Crippen LogP contribution in [0, 0.1) is 0 Å². The molecule has 0 saturated heterocycles. The number of anilines is 2. The van der Waals surface area contributed by atoms with Gasteiger partial charge in [0.1, 0.15) is 0 Å². The van der Waals surface area contributed by atoms with Crippen LogP contribution in [0.2, 0.25) is 5.02 Å². The number of urea groups is 1. The van der Waals surface area contributed by atoms with Crippen molar-refractivity contribution < 1.29 is 9.90 Å². The highest BCUT2D eigenvalue weighted by molar-refractivity contribution is 6.34. The van der Waals surface area contributed by atoms with Crippen molar-refractivity contribution in [2.45, 2.75) is 31.4 Å². The van der Waals surface area contributed by atoms with Crippen molar-refractivity contribution in [3.63, 3.8) is 0 Å². The highest BCUT2D eigenvalue weighted by atomic mass is 35.5. The van der Waals surface area contributed by atoms with Gasteiger partial charge >= 0.3 is 6.03 Å². The van der Waals surface area contributed by atoms with E-state index in [-0.39, 0.29) is 12.1 Å². The van der Waals surface area contributed by atoms with Crippen LogP contribution in [0.4, 0.5) is 16.2 Å². The van der Waals surface area contributed by atoms with Crippen molar-refractivity contribution in [2.75, 3.05) is 24.3 Å². The minimum absolute atomic E-state index is 0.169. The lowest BCUT2D eigenvalue weighted by Gasteiger charge is -2.21. The quantitative estimate of drug-likeness (QED) is 0.803. The Labute approximate surface area is 123 Å². The van der Waals surface area contributed by atoms with Gasteiger partial charge in [-0.15, -0.1) is 0 Å². The van der Waals surface area contributed by atoms with Crippen molar-refractivity contribution >= 4 is 29.0 Å². The van der Waals surface area contributed by atoms with E-state index in [2.05, 4.69) is 10.6 Å². The number of amides is 2. The van der Waals surface area contributed by atoms with Crippen molar-refractivity contribution in [3.8, 4) is 0 Å². The molecule has 6 heteroatoms. The number of rotatable bonds is 3. The molecule has 5 nitrogen and oxygen atoms in total. The third-order valence-corrected chi connectivity index (χ3v) is 3.78. The predicted octanol–water partition coefficient (Wildman–Crippen LogP) is 2.44. The normalized spacial score (nSPS) is 21.6. The molecule has 0 radical (unpaired) electrons. The monoisotopic (exact) mass is 297 g/mol. The molecule has 0 spiro atoms. The van der Waals surface area contributed by atoms with Crippen LogP contribution in [0.25, 0.3) is 0 Å². The van der Waals surface area contributed by atoms with Gasteiger partial charge in [0.25, 0.3) is 0 Å². The van der Waals surface area contributed by atoms with E-state index in [9.17, 15) is 9.90 Å². The van der Waals surface area contributed by atoms with Gasteiger partial charge < -0.3 is 20.6 Å². The Morgan fingerprint density at radius 1 is 1.40 bits per heavy atom. The lowest BCUT2D eigenvalue weighted by Crippen LogP contribution is -2.42. The molecule has 1 aromatic carbocycles. The lowest BCUT2D eigenvalue weighted by atomic mass is 10.2. The van der Waals surface area contributed by atoms with Crippen molar-refractivity contribution in [3.05, 3.63) is 23.2 Å². The summed E-state index contributed by atoms with van der Waals surface area (Å²) >= 11 is 6.15. The lowest BCUT2D eigenvalue weighted by molar-refractivity contribution is 0.151. The van der Waals surface area contributed by atoms with Crippen LogP contribution in [0.1, 0.15) is 19.3 Å². The third-order valence-electron chi connectivity index (χ3n) is 3.48. The van der Waals surface area contributed by atoms with E-state index < -0.39 is 6.10 Å². The minimum Gasteiger partial charge on any atom is -0.391 e. The Kier molecular flexibility index (Phi) is 4.73. The van der Waals surface area contributed by atoms with Crippen LogP contribution in [0.15, 0.2) is 18.2 Å². The summed E-state index contributed by atoms with van der Waals surface area (Å²) < 4.78 is 0. The molecule has 1 fully saturated rings. The van der Waals surface area contributed by atoms with E-state index in [4.69, 9.17) is 11.6 Å². The van der Waals surface area contributed by atoms with Crippen LogP contribution in [0.3, 0.4) is 0 Å². The summed E-state index contributed by atoms with van der Waals surface area (Å²) in [5.74, 6) is 0. The average Bonchev–Trinajstić information content (AvgIpc) is 2.74. The minimum atomic E-state index is -0.451. The standard InChI is InChI=1S/C14H20ClN3O2/c1-18(2)13-9(15)5-3-7-11(13)17-14(20)16-10-6-4-8-12(10)19/h3,5,7,10,12,19H,4,6,8H2,1-2H3,(H2,16,17,20)/t10-,12-/m1/s1. The van der Waals surface area contributed by atoms with Gasteiger partial charge in [0.15, 0.2) is 0 Å². The summed E-state index contributed by atoms with van der Waals surface area (Å²) in [7, 11) is 3.73. The molecule has 2 amide bonds. The number of hydrogen-bond acceptors (Lipinski definition) is 3. The van der Waals surface area contributed by atoms with E-state index in [0.717, 1.165) is 24.9 Å². The molecule has 2 atom stereocenters. The molecule has 1 aromatic rings. The number of para-hydroxylation sites is 1. The largest absolute Gasteiger partial charge is 0.391 e. The predicted molar refractivity (Wildman–Crippen MR) is 81.6 cm³/mol. The molecule has 0 aliphatic heterocycles. The van der Waals surface area contributed by atoms with Crippen LogP contribution in [-0.2, 0) is 0 Å². The van der Waals surface area contributed by atoms with Crippen molar-refractivity contribution in [1.29, 1.82) is 0 Å². The van der Waals surface area contributed by atoms with Gasteiger partial charge in [-0.2, -0.15) is 0 Å². The molecule has 20 heavy (non-hydrogen) atoms. The highest BCUT2D eigenvalue weighted by Crippen LogP contribution is 2.32. The maximum Gasteiger partial charge on any atom is 0.319 e. The first-order valence-electron chi connectivity index (χ1n) is 6.70. The van der Waals surface area contributed by atoms with Crippen LogP contribution >= 0.6 is 11.6 Å². The summed E-state index contributed by atoms with van der Waals surface area (Å²) in [4.78, 5) is 13.9. The zero-order valence-corrected chi connectivity index (χ0v) is 12.4. The topological polar surface area (TPSA) is 64.6 Å². The first-order valence-corrected chi connectivity index (χ1v) is 7.08. The Balaban J connectivity index is 2.06. The zero-order valence-electron chi connectivity index (χ0n) is 11.7. The number of nitrogens with one attached hydrogen (secondary N) is 2. The fourth-order valence-corrected chi connectivity index (χ4v) is 2.85. The second kappa shape index (κ2) is 6.33. The molecule has 1 aliphatic carbocycles. The number of benzene rings is 1. The number of halogens is 1. The SMILES string of the molecule is CN(C)c1c(Cl)cccc1NC(=O)N[C@@H]1CCC[C@H]1O. The molecular formula is C14H20ClN3O2. The van der Waals surface area contributed by atoms with Gasteiger partial charge in [0.2, 0.25) is 0 Å². The molecular weight excluding hydrogens is 278 g/mol. The van der Waals surface area contributed by atoms with E-state index in [1.54, 1.807) is 18.2 Å². The molecule has 3 N–H and O–H groups in total. The van der Waals surface area contributed by atoms with E-state index in [1.807, 2.05) is 19.0 Å². The Morgan fingerprint density at radius 2 is 2.15 bits per heavy atom. The number of aliphatic hydroxyl groups is 1. The van der Waals surface area contributed by atoms with Crippen LogP contribution in [0.5, 0.6) is 0 Å². The van der Waals surface area contributed by atoms with Crippen LogP contribution in [-0.4, -0.2) is 37.4 Å². The molecule has 0 heterocycles. The summed E-state index contributed by atoms with van der Waals surface area (Å²) in [6.07, 6.45) is 2.04. The summed E-state index contributed by atoms with van der Waals surface area (Å²) in [5.41, 5.74) is 1.41. The molecule has 0 unspecified atom stereocenters. The average molecular weight is 298 g/mol. The van der Waals surface area contributed by atoms with Crippen molar-refractivity contribution in [1.82, 2.24) is 5.32 Å². The molecule has 0 bridgehead atoms. The third kappa shape index (κ3) is 3.35. The van der Waals surface area contributed by atoms with E-state index >= 15 is 0 Å². The number of nitrogens with zero attached hydrogens (tertiary/aromatic N) is 1. The first kappa shape index (κ1) is 14.9. The summed E-state index contributed by atoms with van der Waals surface area (Å²) in [5, 5.41) is 15.9. The highest BCUT2D eigenvalue weighted by Gasteiger charge is 2.26. The summed E-state index contributed by atoms with van der Waals surface area (Å²) in [6.45, 7) is 0. The molecule has 0 aromatic heterocycles. The Hall–Kier alpha value is -1.46. The Morgan fingerprint density at radius 3 is 2.75 bits per heavy atom. The fraction of sp³-hybridized carbons (Fsp3) is 0.500. The van der Waals surface area contributed by atoms with Crippen molar-refractivity contribution in [2.24, 2.45) is 0 Å². The maximum absolute atomic E-state index is 12.0. The maximum atomic E-state index is 12.0. The number of aliphatic hydroxyl groups excluding tert-OH is 1. The van der Waals surface area contributed by atoms with E-state index in [1.165, 1.54) is 0 Å². The van der Waals surface area contributed by atoms with Gasteiger partial charge in [-0.3, -0.25) is 0 Å². The molecule has 1 aliphatic rings. The van der Waals surface area contributed by atoms with Crippen LogP contribution < -0.4 is 15.5 Å². The second-order valence-corrected chi connectivity index (χ2v) is 5.64. The number of hydrogen-bond donors (Lipinski definition) is 3. The fourth-order valence-electron chi connectivity index (χ4n) is 2.51. The smallest absolute Gasteiger partial charge is 0.319 e. The number of carbonyl (C=O) groups excluding carboxylic acids is 1. The second-order valence-electron chi connectivity index (χ2n) is 5.23. The molecule has 110 valence electrons.